The van der Waals surface area contributed by atoms with E-state index in [0.29, 0.717) is 6.04 Å². The molecular weight excluding hydrogens is 240 g/mol. The highest BCUT2D eigenvalue weighted by Crippen LogP contribution is 2.21. The van der Waals surface area contributed by atoms with Crippen molar-refractivity contribution in [2.24, 2.45) is 0 Å². The van der Waals surface area contributed by atoms with Gasteiger partial charge in [0.15, 0.2) is 5.82 Å². The topological polar surface area (TPSA) is 57.2 Å². The molecule has 1 saturated carbocycles. The van der Waals surface area contributed by atoms with E-state index in [4.69, 9.17) is 0 Å². The van der Waals surface area contributed by atoms with Crippen LogP contribution in [0.25, 0.3) is 0 Å². The molecular formula is C13H22N6. The van der Waals surface area contributed by atoms with Crippen molar-refractivity contribution in [1.29, 1.82) is 0 Å². The maximum atomic E-state index is 4.61. The monoisotopic (exact) mass is 262 g/mol. The summed E-state index contributed by atoms with van der Waals surface area (Å²) < 4.78 is 0. The fourth-order valence-electron chi connectivity index (χ4n) is 2.78. The van der Waals surface area contributed by atoms with Crippen molar-refractivity contribution >= 4 is 11.8 Å². The molecule has 6 heteroatoms. The van der Waals surface area contributed by atoms with Gasteiger partial charge in [0.25, 0.3) is 0 Å². The van der Waals surface area contributed by atoms with E-state index in [1.54, 1.807) is 6.20 Å². The van der Waals surface area contributed by atoms with Gasteiger partial charge in [0.05, 0.1) is 6.20 Å². The Morgan fingerprint density at radius 3 is 2.63 bits per heavy atom. The number of aromatic nitrogens is 3. The standard InChI is InChI=1S/C13H22N6/c1-18-6-8-19(9-7-18)13-16-12(10-14-17-13)15-11-4-2-3-5-11/h10-11H,2-9H2,1H3,(H,15,16,17). The first kappa shape index (κ1) is 12.6. The summed E-state index contributed by atoms with van der Waals surface area (Å²) in [4.78, 5) is 9.15. The highest BCUT2D eigenvalue weighted by Gasteiger charge is 2.19. The van der Waals surface area contributed by atoms with E-state index in [-0.39, 0.29) is 0 Å². The van der Waals surface area contributed by atoms with Crippen LogP contribution in [0.2, 0.25) is 0 Å². The molecule has 0 spiro atoms. The number of nitrogens with zero attached hydrogens (tertiary/aromatic N) is 5. The molecule has 0 amide bonds. The van der Waals surface area contributed by atoms with Crippen molar-refractivity contribution in [3.05, 3.63) is 6.20 Å². The molecule has 1 aromatic rings. The van der Waals surface area contributed by atoms with Crippen molar-refractivity contribution in [2.75, 3.05) is 43.4 Å². The predicted octanol–water partition coefficient (Wildman–Crippen LogP) is 0.978. The SMILES string of the molecule is CN1CCN(c2nncc(NC3CCCC3)n2)CC1. The molecule has 2 fully saturated rings. The van der Waals surface area contributed by atoms with Crippen molar-refractivity contribution in [3.8, 4) is 0 Å². The lowest BCUT2D eigenvalue weighted by Crippen LogP contribution is -2.45. The first-order valence-electron chi connectivity index (χ1n) is 7.21. The molecule has 1 aliphatic carbocycles. The molecule has 3 rings (SSSR count). The Bertz CT molecular complexity index is 409. The van der Waals surface area contributed by atoms with Crippen LogP contribution >= 0.6 is 0 Å². The second-order valence-corrected chi connectivity index (χ2v) is 5.56. The Balaban J connectivity index is 1.65. The van der Waals surface area contributed by atoms with Crippen LogP contribution in [0.1, 0.15) is 25.7 Å². The Morgan fingerprint density at radius 2 is 1.89 bits per heavy atom. The van der Waals surface area contributed by atoms with Crippen molar-refractivity contribution in [3.63, 3.8) is 0 Å². The molecule has 1 aromatic heterocycles. The molecule has 0 radical (unpaired) electrons. The number of hydrogen-bond acceptors (Lipinski definition) is 6. The molecule has 0 atom stereocenters. The van der Waals surface area contributed by atoms with Crippen molar-refractivity contribution < 1.29 is 0 Å². The van der Waals surface area contributed by atoms with E-state index in [0.717, 1.165) is 37.9 Å². The van der Waals surface area contributed by atoms with Crippen LogP contribution in [-0.4, -0.2) is 59.3 Å². The molecule has 1 N–H and O–H groups in total. The minimum atomic E-state index is 0.567. The van der Waals surface area contributed by atoms with E-state index in [1.807, 2.05) is 0 Å². The van der Waals surface area contributed by atoms with Crippen LogP contribution in [0.3, 0.4) is 0 Å². The fraction of sp³-hybridized carbons (Fsp3) is 0.769. The van der Waals surface area contributed by atoms with Gasteiger partial charge in [-0.15, -0.1) is 5.10 Å². The highest BCUT2D eigenvalue weighted by atomic mass is 15.4. The summed E-state index contributed by atoms with van der Waals surface area (Å²) in [5, 5.41) is 11.7. The Hall–Kier alpha value is -1.43. The lowest BCUT2D eigenvalue weighted by atomic mass is 10.2. The van der Waals surface area contributed by atoms with E-state index >= 15 is 0 Å². The van der Waals surface area contributed by atoms with Gasteiger partial charge in [-0.3, -0.25) is 0 Å². The molecule has 19 heavy (non-hydrogen) atoms. The van der Waals surface area contributed by atoms with Crippen LogP contribution in [0.15, 0.2) is 6.20 Å². The molecule has 2 heterocycles. The van der Waals surface area contributed by atoms with Gasteiger partial charge < -0.3 is 15.1 Å². The molecule has 0 unspecified atom stereocenters. The highest BCUT2D eigenvalue weighted by molar-refractivity contribution is 5.40. The third kappa shape index (κ3) is 3.12. The lowest BCUT2D eigenvalue weighted by molar-refractivity contribution is 0.311. The first-order valence-corrected chi connectivity index (χ1v) is 7.21. The summed E-state index contributed by atoms with van der Waals surface area (Å²) >= 11 is 0. The van der Waals surface area contributed by atoms with Gasteiger partial charge in [-0.1, -0.05) is 12.8 Å². The number of nitrogens with one attached hydrogen (secondary N) is 1. The van der Waals surface area contributed by atoms with Crippen molar-refractivity contribution in [1.82, 2.24) is 20.1 Å². The molecule has 6 nitrogen and oxygen atoms in total. The minimum absolute atomic E-state index is 0.567. The number of hydrogen-bond donors (Lipinski definition) is 1. The summed E-state index contributed by atoms with van der Waals surface area (Å²) in [5.41, 5.74) is 0. The molecule has 104 valence electrons. The van der Waals surface area contributed by atoms with Crippen LogP contribution < -0.4 is 10.2 Å². The third-order valence-corrected chi connectivity index (χ3v) is 4.04. The fourth-order valence-corrected chi connectivity index (χ4v) is 2.78. The minimum Gasteiger partial charge on any atom is -0.366 e. The van der Waals surface area contributed by atoms with Crippen LogP contribution in [-0.2, 0) is 0 Å². The third-order valence-electron chi connectivity index (χ3n) is 4.04. The van der Waals surface area contributed by atoms with Gasteiger partial charge in [0.1, 0.15) is 0 Å². The van der Waals surface area contributed by atoms with Crippen LogP contribution in [0.5, 0.6) is 0 Å². The Labute approximate surface area is 114 Å². The zero-order valence-electron chi connectivity index (χ0n) is 11.5. The van der Waals surface area contributed by atoms with E-state index in [1.165, 1.54) is 25.7 Å². The maximum Gasteiger partial charge on any atom is 0.247 e. The summed E-state index contributed by atoms with van der Waals surface area (Å²) in [6.45, 7) is 4.07. The molecule has 1 aliphatic heterocycles. The number of anilines is 2. The average molecular weight is 262 g/mol. The second-order valence-electron chi connectivity index (χ2n) is 5.56. The Morgan fingerprint density at radius 1 is 1.16 bits per heavy atom. The summed E-state index contributed by atoms with van der Waals surface area (Å²) in [6, 6.07) is 0.567. The summed E-state index contributed by atoms with van der Waals surface area (Å²) in [5.74, 6) is 1.63. The maximum absolute atomic E-state index is 4.61. The second kappa shape index (κ2) is 5.69. The van der Waals surface area contributed by atoms with Gasteiger partial charge in [-0.2, -0.15) is 10.1 Å². The Kier molecular flexibility index (Phi) is 3.77. The number of rotatable bonds is 3. The van der Waals surface area contributed by atoms with Gasteiger partial charge in [-0.25, -0.2) is 0 Å². The van der Waals surface area contributed by atoms with Gasteiger partial charge in [-0.05, 0) is 19.9 Å². The molecule has 1 saturated heterocycles. The van der Waals surface area contributed by atoms with Gasteiger partial charge in [0, 0.05) is 32.2 Å². The molecule has 2 aliphatic rings. The smallest absolute Gasteiger partial charge is 0.247 e. The summed E-state index contributed by atoms with van der Waals surface area (Å²) in [6.07, 6.45) is 6.86. The van der Waals surface area contributed by atoms with Crippen LogP contribution in [0, 0.1) is 0 Å². The van der Waals surface area contributed by atoms with Gasteiger partial charge >= 0.3 is 0 Å². The van der Waals surface area contributed by atoms with E-state index < -0.39 is 0 Å². The van der Waals surface area contributed by atoms with E-state index in [2.05, 4.69) is 37.3 Å². The van der Waals surface area contributed by atoms with Crippen LogP contribution in [0.4, 0.5) is 11.8 Å². The quantitative estimate of drug-likeness (QED) is 0.876. The average Bonchev–Trinajstić information content (AvgIpc) is 2.93. The normalized spacial score (nSPS) is 21.8. The number of likely N-dealkylation sites (N-methyl/N-ethyl adjacent to an activating group) is 1. The zero-order valence-corrected chi connectivity index (χ0v) is 11.5. The van der Waals surface area contributed by atoms with Gasteiger partial charge in [0.2, 0.25) is 5.95 Å². The first-order chi connectivity index (χ1) is 9.31. The largest absolute Gasteiger partial charge is 0.366 e. The lowest BCUT2D eigenvalue weighted by Gasteiger charge is -2.32. The van der Waals surface area contributed by atoms with E-state index in [9.17, 15) is 0 Å². The zero-order chi connectivity index (χ0) is 13.1. The summed E-state index contributed by atoms with van der Waals surface area (Å²) in [7, 11) is 2.15. The molecule has 0 aromatic carbocycles. The predicted molar refractivity (Wildman–Crippen MR) is 75.4 cm³/mol. The molecule has 0 bridgehead atoms. The van der Waals surface area contributed by atoms with Crippen molar-refractivity contribution in [2.45, 2.75) is 31.7 Å². The number of piperazine rings is 1.